The molecule has 1 saturated heterocycles. The Morgan fingerprint density at radius 1 is 1.35 bits per heavy atom. The molecule has 1 aliphatic heterocycles. The van der Waals surface area contributed by atoms with E-state index in [4.69, 9.17) is 4.74 Å². The zero-order valence-electron chi connectivity index (χ0n) is 11.7. The molecule has 20 heavy (non-hydrogen) atoms. The minimum absolute atomic E-state index is 0.0285. The van der Waals surface area contributed by atoms with Gasteiger partial charge in [-0.3, -0.25) is 4.79 Å². The lowest BCUT2D eigenvalue weighted by atomic mass is 10.0. The Hall–Kier alpha value is -1.42. The van der Waals surface area contributed by atoms with E-state index in [0.29, 0.717) is 12.2 Å². The van der Waals surface area contributed by atoms with Gasteiger partial charge in [0.2, 0.25) is 0 Å². The number of hydrogen-bond acceptors (Lipinski definition) is 2. The molecule has 1 aromatic carbocycles. The molecule has 1 aromatic rings. The Labute approximate surface area is 118 Å². The molecule has 0 N–H and O–H groups in total. The molecule has 0 spiro atoms. The van der Waals surface area contributed by atoms with Crippen LogP contribution in [0.2, 0.25) is 0 Å². The van der Waals surface area contributed by atoms with Crippen molar-refractivity contribution in [2.45, 2.75) is 50.8 Å². The van der Waals surface area contributed by atoms with Crippen LogP contribution in [0.3, 0.4) is 0 Å². The summed E-state index contributed by atoms with van der Waals surface area (Å²) in [5, 5.41) is 0. The van der Waals surface area contributed by atoms with E-state index >= 15 is 0 Å². The topological polar surface area (TPSA) is 29.5 Å². The van der Waals surface area contributed by atoms with E-state index in [9.17, 15) is 9.18 Å². The number of carbonyl (C=O) groups is 1. The second-order valence-electron chi connectivity index (χ2n) is 5.68. The molecule has 1 aliphatic carbocycles. The number of hydrogen-bond donors (Lipinski definition) is 0. The van der Waals surface area contributed by atoms with Crippen LogP contribution in [0.15, 0.2) is 24.3 Å². The van der Waals surface area contributed by atoms with Gasteiger partial charge in [-0.1, -0.05) is 18.2 Å². The minimum atomic E-state index is -0.329. The highest BCUT2D eigenvalue weighted by Gasteiger charge is 2.40. The molecule has 1 heterocycles. The summed E-state index contributed by atoms with van der Waals surface area (Å²) in [6, 6.07) is 6.72. The van der Waals surface area contributed by atoms with Gasteiger partial charge in [-0.05, 0) is 38.7 Å². The number of benzene rings is 1. The summed E-state index contributed by atoms with van der Waals surface area (Å²) >= 11 is 0. The Kier molecular flexibility index (Phi) is 3.74. The van der Waals surface area contributed by atoms with Gasteiger partial charge in [-0.15, -0.1) is 0 Å². The van der Waals surface area contributed by atoms with Crippen LogP contribution >= 0.6 is 0 Å². The molecule has 2 fully saturated rings. The molecule has 4 heteroatoms. The largest absolute Gasteiger partial charge is 0.368 e. The summed E-state index contributed by atoms with van der Waals surface area (Å²) < 4.78 is 19.5. The molecule has 0 aromatic heterocycles. The number of nitrogens with zero attached hydrogens (tertiary/aromatic N) is 1. The van der Waals surface area contributed by atoms with Crippen molar-refractivity contribution in [3.8, 4) is 0 Å². The molecule has 1 amide bonds. The Balaban J connectivity index is 1.83. The lowest BCUT2D eigenvalue weighted by Crippen LogP contribution is -2.42. The van der Waals surface area contributed by atoms with Crippen LogP contribution in [0.4, 0.5) is 4.39 Å². The van der Waals surface area contributed by atoms with Gasteiger partial charge < -0.3 is 9.64 Å². The van der Waals surface area contributed by atoms with Crippen molar-refractivity contribution in [2.24, 2.45) is 0 Å². The summed E-state index contributed by atoms with van der Waals surface area (Å²) in [4.78, 5) is 14.5. The third-order valence-corrected chi connectivity index (χ3v) is 4.17. The predicted octanol–water partition coefficient (Wildman–Crippen LogP) is 3.06. The van der Waals surface area contributed by atoms with Crippen LogP contribution in [-0.2, 0) is 9.53 Å². The maximum absolute atomic E-state index is 14.0. The fraction of sp³-hybridized carbons (Fsp3) is 0.562. The van der Waals surface area contributed by atoms with Gasteiger partial charge in [0.1, 0.15) is 11.9 Å². The minimum Gasteiger partial charge on any atom is -0.368 e. The van der Waals surface area contributed by atoms with Crippen LogP contribution in [0.5, 0.6) is 0 Å². The van der Waals surface area contributed by atoms with Crippen molar-refractivity contribution in [3.05, 3.63) is 35.6 Å². The molecule has 1 saturated carbocycles. The quantitative estimate of drug-likeness (QED) is 0.846. The standard InChI is InChI=1S/C16H20FNO2/c1-11(13-5-2-3-6-14(13)17)18(12-8-9-12)16(19)15-7-4-10-20-15/h2-3,5-6,11-12,15H,4,7-10H2,1H3. The Morgan fingerprint density at radius 3 is 2.70 bits per heavy atom. The summed E-state index contributed by atoms with van der Waals surface area (Å²) in [5.41, 5.74) is 0.589. The van der Waals surface area contributed by atoms with E-state index in [1.807, 2.05) is 17.9 Å². The van der Waals surface area contributed by atoms with Crippen molar-refractivity contribution < 1.29 is 13.9 Å². The monoisotopic (exact) mass is 277 g/mol. The average molecular weight is 277 g/mol. The summed E-state index contributed by atoms with van der Waals surface area (Å²) in [7, 11) is 0. The lowest BCUT2D eigenvalue weighted by Gasteiger charge is -2.31. The third kappa shape index (κ3) is 2.57. The van der Waals surface area contributed by atoms with E-state index in [2.05, 4.69) is 0 Å². The van der Waals surface area contributed by atoms with E-state index < -0.39 is 0 Å². The van der Waals surface area contributed by atoms with Gasteiger partial charge in [0, 0.05) is 18.2 Å². The number of carbonyl (C=O) groups excluding carboxylic acids is 1. The summed E-state index contributed by atoms with van der Waals surface area (Å²) in [5.74, 6) is -0.216. The van der Waals surface area contributed by atoms with E-state index in [1.54, 1.807) is 12.1 Å². The SMILES string of the molecule is CC(c1ccccc1F)N(C(=O)C1CCCO1)C1CC1. The Morgan fingerprint density at radius 2 is 2.10 bits per heavy atom. The van der Waals surface area contributed by atoms with Crippen molar-refractivity contribution in [1.82, 2.24) is 4.90 Å². The van der Waals surface area contributed by atoms with Gasteiger partial charge in [0.05, 0.1) is 6.04 Å². The molecular weight excluding hydrogens is 257 g/mol. The predicted molar refractivity (Wildman–Crippen MR) is 73.7 cm³/mol. The first-order valence-corrected chi connectivity index (χ1v) is 7.36. The number of ether oxygens (including phenoxy) is 1. The first kappa shape index (κ1) is 13.6. The highest BCUT2D eigenvalue weighted by atomic mass is 19.1. The summed E-state index contributed by atoms with van der Waals surface area (Å²) in [6.07, 6.45) is 3.41. The van der Waals surface area contributed by atoms with Crippen LogP contribution in [0.1, 0.15) is 44.2 Å². The molecule has 2 atom stereocenters. The zero-order chi connectivity index (χ0) is 14.1. The Bertz CT molecular complexity index is 495. The van der Waals surface area contributed by atoms with E-state index in [1.165, 1.54) is 6.07 Å². The maximum atomic E-state index is 14.0. The third-order valence-electron chi connectivity index (χ3n) is 4.17. The molecule has 3 nitrogen and oxygen atoms in total. The highest BCUT2D eigenvalue weighted by molar-refractivity contribution is 5.82. The first-order valence-electron chi connectivity index (χ1n) is 7.36. The molecule has 0 radical (unpaired) electrons. The smallest absolute Gasteiger partial charge is 0.252 e. The molecule has 2 unspecified atom stereocenters. The molecule has 108 valence electrons. The number of halogens is 1. The summed E-state index contributed by atoms with van der Waals surface area (Å²) in [6.45, 7) is 2.56. The average Bonchev–Trinajstić information content (AvgIpc) is 3.12. The fourth-order valence-electron chi connectivity index (χ4n) is 2.94. The van der Waals surface area contributed by atoms with Crippen LogP contribution in [0.25, 0.3) is 0 Å². The van der Waals surface area contributed by atoms with Gasteiger partial charge in [-0.25, -0.2) is 4.39 Å². The molecule has 3 rings (SSSR count). The lowest BCUT2D eigenvalue weighted by molar-refractivity contribution is -0.144. The van der Waals surface area contributed by atoms with Crippen molar-refractivity contribution >= 4 is 5.91 Å². The molecular formula is C16H20FNO2. The van der Waals surface area contributed by atoms with E-state index in [0.717, 1.165) is 25.7 Å². The van der Waals surface area contributed by atoms with Gasteiger partial charge in [0.15, 0.2) is 0 Å². The van der Waals surface area contributed by atoms with Crippen molar-refractivity contribution in [3.63, 3.8) is 0 Å². The van der Waals surface area contributed by atoms with Gasteiger partial charge >= 0.3 is 0 Å². The first-order chi connectivity index (χ1) is 9.68. The number of amides is 1. The van der Waals surface area contributed by atoms with Crippen LogP contribution < -0.4 is 0 Å². The highest BCUT2D eigenvalue weighted by Crippen LogP contribution is 2.36. The van der Waals surface area contributed by atoms with Crippen LogP contribution in [0, 0.1) is 5.82 Å². The van der Waals surface area contributed by atoms with Crippen LogP contribution in [-0.4, -0.2) is 29.6 Å². The normalized spacial score (nSPS) is 23.6. The van der Waals surface area contributed by atoms with Gasteiger partial charge in [0.25, 0.3) is 5.91 Å². The number of rotatable bonds is 4. The fourth-order valence-corrected chi connectivity index (χ4v) is 2.94. The molecule has 2 aliphatic rings. The van der Waals surface area contributed by atoms with Crippen molar-refractivity contribution in [1.29, 1.82) is 0 Å². The maximum Gasteiger partial charge on any atom is 0.252 e. The second-order valence-corrected chi connectivity index (χ2v) is 5.68. The van der Waals surface area contributed by atoms with Crippen molar-refractivity contribution in [2.75, 3.05) is 6.61 Å². The van der Waals surface area contributed by atoms with Gasteiger partial charge in [-0.2, -0.15) is 0 Å². The second kappa shape index (κ2) is 5.52. The molecule has 0 bridgehead atoms. The van der Waals surface area contributed by atoms with E-state index in [-0.39, 0.29) is 29.9 Å². The zero-order valence-corrected chi connectivity index (χ0v) is 11.7.